The average Bonchev–Trinajstić information content (AvgIpc) is 2.87. The van der Waals surface area contributed by atoms with Gasteiger partial charge in [-0.25, -0.2) is 5.84 Å². The van der Waals surface area contributed by atoms with E-state index in [0.717, 1.165) is 25.9 Å². The molecular formula is C12H21N5O2. The quantitative estimate of drug-likeness (QED) is 0.446. The van der Waals surface area contributed by atoms with Gasteiger partial charge in [0.25, 0.3) is 5.91 Å². The van der Waals surface area contributed by atoms with Crippen LogP contribution in [-0.4, -0.2) is 54.1 Å². The number of hydrogen-bond donors (Lipinski definition) is 2. The molecule has 0 saturated carbocycles. The molecule has 0 radical (unpaired) electrons. The van der Waals surface area contributed by atoms with E-state index in [9.17, 15) is 4.79 Å². The van der Waals surface area contributed by atoms with E-state index in [1.165, 1.54) is 0 Å². The Morgan fingerprint density at radius 1 is 1.58 bits per heavy atom. The number of carbonyl (C=O) groups excluding carboxylic acids is 1. The maximum Gasteiger partial charge on any atom is 0.287 e. The normalized spacial score (nSPS) is 17.9. The number of carbonyl (C=O) groups is 1. The number of aromatic nitrogens is 1. The van der Waals surface area contributed by atoms with Gasteiger partial charge in [0.1, 0.15) is 0 Å². The number of nitrogens with one attached hydrogen (secondary N) is 1. The Hall–Kier alpha value is -1.44. The molecule has 1 aromatic rings. The molecule has 1 saturated heterocycles. The van der Waals surface area contributed by atoms with Crippen LogP contribution in [0.4, 0.5) is 0 Å². The topological polar surface area (TPSA) is 87.6 Å². The van der Waals surface area contributed by atoms with Crippen LogP contribution < -0.4 is 11.3 Å². The molecule has 1 amide bonds. The molecule has 0 unspecified atom stereocenters. The van der Waals surface area contributed by atoms with Crippen molar-refractivity contribution in [2.45, 2.75) is 25.4 Å². The highest BCUT2D eigenvalue weighted by Gasteiger charge is 2.22. The predicted molar refractivity (Wildman–Crippen MR) is 70.1 cm³/mol. The summed E-state index contributed by atoms with van der Waals surface area (Å²) in [4.78, 5) is 15.8. The molecule has 7 nitrogen and oxygen atoms in total. The average molecular weight is 267 g/mol. The van der Waals surface area contributed by atoms with Crippen LogP contribution >= 0.6 is 0 Å². The Morgan fingerprint density at radius 3 is 2.84 bits per heavy atom. The Balaban J connectivity index is 1.85. The van der Waals surface area contributed by atoms with Crippen molar-refractivity contribution in [1.29, 1.82) is 0 Å². The van der Waals surface area contributed by atoms with Gasteiger partial charge in [0.2, 0.25) is 0 Å². The van der Waals surface area contributed by atoms with E-state index in [-0.39, 0.29) is 5.69 Å². The second kappa shape index (κ2) is 6.14. The molecule has 1 aliphatic rings. The summed E-state index contributed by atoms with van der Waals surface area (Å²) in [6.45, 7) is 2.74. The summed E-state index contributed by atoms with van der Waals surface area (Å²) in [6, 6.07) is 2.30. The van der Waals surface area contributed by atoms with Gasteiger partial charge in [-0.3, -0.25) is 15.1 Å². The minimum atomic E-state index is -0.429. The van der Waals surface area contributed by atoms with E-state index in [1.807, 2.05) is 5.43 Å². The number of nitrogen functional groups attached to an aromatic ring is 1. The Labute approximate surface area is 112 Å². The lowest BCUT2D eigenvalue weighted by atomic mass is 10.0. The van der Waals surface area contributed by atoms with Gasteiger partial charge >= 0.3 is 0 Å². The van der Waals surface area contributed by atoms with Crippen molar-refractivity contribution in [2.24, 2.45) is 5.84 Å². The lowest BCUT2D eigenvalue weighted by molar-refractivity contribution is 0.0944. The zero-order valence-corrected chi connectivity index (χ0v) is 11.4. The molecule has 0 aliphatic carbocycles. The SMILES string of the molecule is CN(C)C1CCN(Cc2cc(C(=O)NN)no2)CC1. The fraction of sp³-hybridized carbons (Fsp3) is 0.667. The van der Waals surface area contributed by atoms with E-state index in [4.69, 9.17) is 10.4 Å². The number of nitrogens with zero attached hydrogens (tertiary/aromatic N) is 3. The molecule has 2 heterocycles. The van der Waals surface area contributed by atoms with Gasteiger partial charge in [-0.15, -0.1) is 0 Å². The van der Waals surface area contributed by atoms with Gasteiger partial charge in [0.15, 0.2) is 11.5 Å². The van der Waals surface area contributed by atoms with Crippen LogP contribution in [0.2, 0.25) is 0 Å². The third-order valence-corrected chi connectivity index (χ3v) is 3.59. The van der Waals surface area contributed by atoms with Crippen LogP contribution in [0, 0.1) is 0 Å². The van der Waals surface area contributed by atoms with Crippen molar-refractivity contribution in [3.05, 3.63) is 17.5 Å². The van der Waals surface area contributed by atoms with Gasteiger partial charge < -0.3 is 9.42 Å². The highest BCUT2D eigenvalue weighted by Crippen LogP contribution is 2.16. The maximum absolute atomic E-state index is 11.3. The van der Waals surface area contributed by atoms with Crippen LogP contribution in [0.3, 0.4) is 0 Å². The van der Waals surface area contributed by atoms with Crippen LogP contribution in [0.5, 0.6) is 0 Å². The first kappa shape index (κ1) is 14.0. The number of nitrogens with two attached hydrogens (primary N) is 1. The molecule has 0 atom stereocenters. The highest BCUT2D eigenvalue weighted by molar-refractivity contribution is 5.91. The van der Waals surface area contributed by atoms with Crippen LogP contribution in [0.1, 0.15) is 29.1 Å². The van der Waals surface area contributed by atoms with E-state index >= 15 is 0 Å². The van der Waals surface area contributed by atoms with Crippen LogP contribution in [0.25, 0.3) is 0 Å². The third-order valence-electron chi connectivity index (χ3n) is 3.59. The van der Waals surface area contributed by atoms with Gasteiger partial charge in [0.05, 0.1) is 6.54 Å². The largest absolute Gasteiger partial charge is 0.359 e. The lowest BCUT2D eigenvalue weighted by Crippen LogP contribution is -2.41. The van der Waals surface area contributed by atoms with Crippen molar-refractivity contribution >= 4 is 5.91 Å². The van der Waals surface area contributed by atoms with Gasteiger partial charge in [-0.1, -0.05) is 5.16 Å². The number of amides is 1. The Kier molecular flexibility index (Phi) is 4.52. The Bertz CT molecular complexity index is 424. The van der Waals surface area contributed by atoms with Crippen molar-refractivity contribution in [3.63, 3.8) is 0 Å². The number of hydrazine groups is 1. The summed E-state index contributed by atoms with van der Waals surface area (Å²) in [7, 11) is 4.24. The first-order valence-corrected chi connectivity index (χ1v) is 6.45. The summed E-state index contributed by atoms with van der Waals surface area (Å²) >= 11 is 0. The van der Waals surface area contributed by atoms with Crippen LogP contribution in [-0.2, 0) is 6.54 Å². The lowest BCUT2D eigenvalue weighted by Gasteiger charge is -2.34. The highest BCUT2D eigenvalue weighted by atomic mass is 16.5. The molecule has 0 aromatic carbocycles. The number of rotatable bonds is 4. The van der Waals surface area contributed by atoms with E-state index in [1.54, 1.807) is 6.07 Å². The van der Waals surface area contributed by atoms with Crippen molar-refractivity contribution in [1.82, 2.24) is 20.4 Å². The van der Waals surface area contributed by atoms with Gasteiger partial charge in [-0.05, 0) is 26.9 Å². The molecule has 1 aliphatic heterocycles. The number of likely N-dealkylation sites (tertiary alicyclic amines) is 1. The molecule has 1 fully saturated rings. The molecule has 0 bridgehead atoms. The number of hydrogen-bond acceptors (Lipinski definition) is 6. The third kappa shape index (κ3) is 3.52. The fourth-order valence-electron chi connectivity index (χ4n) is 2.38. The molecular weight excluding hydrogens is 246 g/mol. The molecule has 106 valence electrons. The molecule has 0 spiro atoms. The van der Waals surface area contributed by atoms with Crippen LogP contribution in [0.15, 0.2) is 10.6 Å². The monoisotopic (exact) mass is 267 g/mol. The van der Waals surface area contributed by atoms with Crippen molar-refractivity contribution in [2.75, 3.05) is 27.2 Å². The predicted octanol–water partition coefficient (Wildman–Crippen LogP) is -0.196. The Morgan fingerprint density at radius 2 is 2.26 bits per heavy atom. The molecule has 3 N–H and O–H groups in total. The first-order valence-electron chi connectivity index (χ1n) is 6.45. The van der Waals surface area contributed by atoms with Gasteiger partial charge in [0, 0.05) is 25.2 Å². The standard InChI is InChI=1S/C12H21N5O2/c1-16(2)9-3-5-17(6-4-9)8-10-7-11(15-19-10)12(18)14-13/h7,9H,3-6,8,13H2,1-2H3,(H,14,18). The summed E-state index contributed by atoms with van der Waals surface area (Å²) in [5.41, 5.74) is 2.26. The van der Waals surface area contributed by atoms with E-state index in [0.29, 0.717) is 18.3 Å². The van der Waals surface area contributed by atoms with Crippen molar-refractivity contribution < 1.29 is 9.32 Å². The fourth-order valence-corrected chi connectivity index (χ4v) is 2.38. The van der Waals surface area contributed by atoms with E-state index in [2.05, 4.69) is 29.1 Å². The van der Waals surface area contributed by atoms with Gasteiger partial charge in [-0.2, -0.15) is 0 Å². The second-order valence-corrected chi connectivity index (χ2v) is 5.12. The summed E-state index contributed by atoms with van der Waals surface area (Å²) in [6.07, 6.45) is 2.30. The molecule has 7 heteroatoms. The minimum absolute atomic E-state index is 0.223. The summed E-state index contributed by atoms with van der Waals surface area (Å²) in [5.74, 6) is 5.31. The molecule has 1 aromatic heterocycles. The van der Waals surface area contributed by atoms with Crippen molar-refractivity contribution in [3.8, 4) is 0 Å². The summed E-state index contributed by atoms with van der Waals surface area (Å²) in [5, 5.41) is 3.69. The molecule has 2 rings (SSSR count). The second-order valence-electron chi connectivity index (χ2n) is 5.12. The maximum atomic E-state index is 11.3. The van der Waals surface area contributed by atoms with E-state index < -0.39 is 5.91 Å². The molecule has 19 heavy (non-hydrogen) atoms. The number of piperidine rings is 1. The first-order chi connectivity index (χ1) is 9.10. The smallest absolute Gasteiger partial charge is 0.287 e. The zero-order chi connectivity index (χ0) is 13.8. The zero-order valence-electron chi connectivity index (χ0n) is 11.4. The summed E-state index contributed by atoms with van der Waals surface area (Å²) < 4.78 is 5.15. The minimum Gasteiger partial charge on any atom is -0.359 e.